The van der Waals surface area contributed by atoms with Crippen LogP contribution in [-0.2, 0) is 6.42 Å². The van der Waals surface area contributed by atoms with Gasteiger partial charge in [-0.3, -0.25) is 4.79 Å². The molecule has 1 heterocycles. The van der Waals surface area contributed by atoms with Gasteiger partial charge >= 0.3 is 0 Å². The molecule has 0 amide bonds. The van der Waals surface area contributed by atoms with E-state index in [9.17, 15) is 4.79 Å². The Bertz CT molecular complexity index is 527. The van der Waals surface area contributed by atoms with Crippen molar-refractivity contribution in [2.75, 3.05) is 0 Å². The Morgan fingerprint density at radius 1 is 1.43 bits per heavy atom. The maximum atomic E-state index is 11.8. The molecule has 1 aliphatic rings. The minimum Gasteiger partial charge on any atom is -0.361 e. The zero-order chi connectivity index (χ0) is 9.71. The van der Waals surface area contributed by atoms with Crippen LogP contribution >= 0.6 is 0 Å². The van der Waals surface area contributed by atoms with Crippen LogP contribution in [0, 0.1) is 0 Å². The molecule has 2 aromatic rings. The van der Waals surface area contributed by atoms with E-state index in [0.717, 1.165) is 22.0 Å². The van der Waals surface area contributed by atoms with Crippen LogP contribution in [-0.4, -0.2) is 16.8 Å². The highest BCUT2D eigenvalue weighted by Crippen LogP contribution is 2.28. The summed E-state index contributed by atoms with van der Waals surface area (Å²) in [6.45, 7) is 0. The van der Waals surface area contributed by atoms with Crippen molar-refractivity contribution in [1.82, 2.24) is 4.98 Å². The summed E-state index contributed by atoms with van der Waals surface area (Å²) in [6.07, 6.45) is 2.59. The fraction of sp³-hybridized carbons (Fsp3) is 0.182. The third kappa shape index (κ3) is 0.822. The minimum atomic E-state index is -0.371. The quantitative estimate of drug-likeness (QED) is 0.650. The van der Waals surface area contributed by atoms with Crippen LogP contribution in [0.4, 0.5) is 0 Å². The second kappa shape index (κ2) is 2.45. The lowest BCUT2D eigenvalue weighted by Crippen LogP contribution is -2.35. The summed E-state index contributed by atoms with van der Waals surface area (Å²) in [4.78, 5) is 14.9. The monoisotopic (exact) mass is 186 g/mol. The fourth-order valence-electron chi connectivity index (χ4n) is 2.15. The number of aromatic nitrogens is 1. The van der Waals surface area contributed by atoms with Gasteiger partial charge in [-0.1, -0.05) is 12.1 Å². The average molecular weight is 186 g/mol. The number of hydrogen-bond donors (Lipinski definition) is 2. The van der Waals surface area contributed by atoms with Crippen molar-refractivity contribution >= 4 is 16.7 Å². The van der Waals surface area contributed by atoms with Crippen LogP contribution in [0.15, 0.2) is 24.4 Å². The van der Waals surface area contributed by atoms with Crippen LogP contribution < -0.4 is 5.73 Å². The van der Waals surface area contributed by atoms with E-state index in [0.29, 0.717) is 6.42 Å². The van der Waals surface area contributed by atoms with Gasteiger partial charge in [-0.05, 0) is 18.1 Å². The molecule has 3 rings (SSSR count). The van der Waals surface area contributed by atoms with Gasteiger partial charge in [-0.2, -0.15) is 0 Å². The van der Waals surface area contributed by atoms with E-state index in [4.69, 9.17) is 5.73 Å². The molecule has 0 aliphatic heterocycles. The number of benzene rings is 1. The highest BCUT2D eigenvalue weighted by Gasteiger charge is 2.26. The van der Waals surface area contributed by atoms with Crippen LogP contribution in [0.25, 0.3) is 10.9 Å². The van der Waals surface area contributed by atoms with Crippen molar-refractivity contribution < 1.29 is 4.79 Å². The molecular weight excluding hydrogens is 176 g/mol. The summed E-state index contributed by atoms with van der Waals surface area (Å²) >= 11 is 0. The van der Waals surface area contributed by atoms with Crippen LogP contribution in [0.5, 0.6) is 0 Å². The molecule has 3 nitrogen and oxygen atoms in total. The molecule has 0 radical (unpaired) electrons. The fourth-order valence-corrected chi connectivity index (χ4v) is 2.15. The third-order valence-electron chi connectivity index (χ3n) is 2.83. The molecule has 14 heavy (non-hydrogen) atoms. The average Bonchev–Trinajstić information content (AvgIpc) is 2.59. The Hall–Kier alpha value is -1.61. The Morgan fingerprint density at radius 2 is 2.29 bits per heavy atom. The molecule has 3 heteroatoms. The van der Waals surface area contributed by atoms with Gasteiger partial charge in [0.1, 0.15) is 0 Å². The molecular formula is C11H10N2O. The SMILES string of the molecule is N[C@@H]1Cc2c[nH]c3cccc(c23)C1=O. The van der Waals surface area contributed by atoms with E-state index in [1.165, 1.54) is 0 Å². The van der Waals surface area contributed by atoms with Gasteiger partial charge < -0.3 is 10.7 Å². The summed E-state index contributed by atoms with van der Waals surface area (Å²) in [6, 6.07) is 5.34. The lowest BCUT2D eigenvalue weighted by Gasteiger charge is -2.17. The molecule has 0 bridgehead atoms. The molecule has 70 valence electrons. The number of ketones is 1. The second-order valence-corrected chi connectivity index (χ2v) is 3.72. The van der Waals surface area contributed by atoms with Gasteiger partial charge in [0.25, 0.3) is 0 Å². The van der Waals surface area contributed by atoms with E-state index in [1.807, 2.05) is 24.4 Å². The van der Waals surface area contributed by atoms with Gasteiger partial charge in [0.2, 0.25) is 0 Å². The Morgan fingerprint density at radius 3 is 3.14 bits per heavy atom. The van der Waals surface area contributed by atoms with Crippen LogP contribution in [0.1, 0.15) is 15.9 Å². The van der Waals surface area contributed by atoms with Crippen molar-refractivity contribution in [2.24, 2.45) is 5.73 Å². The maximum Gasteiger partial charge on any atom is 0.180 e. The largest absolute Gasteiger partial charge is 0.361 e. The van der Waals surface area contributed by atoms with Crippen molar-refractivity contribution in [2.45, 2.75) is 12.5 Å². The Balaban J connectivity index is 2.44. The molecule has 0 saturated heterocycles. The van der Waals surface area contributed by atoms with Crippen molar-refractivity contribution in [1.29, 1.82) is 0 Å². The lowest BCUT2D eigenvalue weighted by molar-refractivity contribution is 0.0959. The highest BCUT2D eigenvalue weighted by molar-refractivity contribution is 6.13. The Kier molecular flexibility index (Phi) is 1.36. The molecule has 0 saturated carbocycles. The molecule has 1 aromatic heterocycles. The normalized spacial score (nSPS) is 20.4. The number of hydrogen-bond acceptors (Lipinski definition) is 2. The molecule has 0 unspecified atom stereocenters. The minimum absolute atomic E-state index is 0.0581. The van der Waals surface area contributed by atoms with E-state index in [2.05, 4.69) is 4.98 Å². The van der Waals surface area contributed by atoms with Gasteiger partial charge in [0, 0.05) is 22.7 Å². The number of rotatable bonds is 0. The predicted molar refractivity (Wildman–Crippen MR) is 54.3 cm³/mol. The summed E-state index contributed by atoms with van der Waals surface area (Å²) in [5.41, 5.74) is 8.71. The lowest BCUT2D eigenvalue weighted by atomic mass is 9.89. The van der Waals surface area contributed by atoms with E-state index >= 15 is 0 Å². The first-order chi connectivity index (χ1) is 6.77. The van der Waals surface area contributed by atoms with Crippen LogP contribution in [0.2, 0.25) is 0 Å². The molecule has 0 spiro atoms. The van der Waals surface area contributed by atoms with E-state index in [-0.39, 0.29) is 11.8 Å². The van der Waals surface area contributed by atoms with Gasteiger partial charge in [-0.15, -0.1) is 0 Å². The number of aromatic amines is 1. The van der Waals surface area contributed by atoms with Crippen molar-refractivity contribution in [3.05, 3.63) is 35.5 Å². The molecule has 1 aromatic carbocycles. The standard InChI is InChI=1S/C11H10N2O/c12-8-4-6-5-13-9-3-1-2-7(10(6)9)11(8)14/h1-3,5,8,13H,4,12H2/t8-/m1/s1. The van der Waals surface area contributed by atoms with Gasteiger partial charge in [0.15, 0.2) is 5.78 Å². The summed E-state index contributed by atoms with van der Waals surface area (Å²) in [5.74, 6) is 0.0581. The molecule has 1 aliphatic carbocycles. The number of carbonyl (C=O) groups excluding carboxylic acids is 1. The molecule has 0 fully saturated rings. The molecule has 1 atom stereocenters. The first kappa shape index (κ1) is 7.76. The summed E-state index contributed by atoms with van der Waals surface area (Å²) in [5, 5.41) is 1.05. The van der Waals surface area contributed by atoms with Crippen molar-refractivity contribution in [3.63, 3.8) is 0 Å². The van der Waals surface area contributed by atoms with Crippen molar-refractivity contribution in [3.8, 4) is 0 Å². The third-order valence-corrected chi connectivity index (χ3v) is 2.83. The zero-order valence-electron chi connectivity index (χ0n) is 7.58. The topological polar surface area (TPSA) is 58.9 Å². The first-order valence-electron chi connectivity index (χ1n) is 4.66. The summed E-state index contributed by atoms with van der Waals surface area (Å²) in [7, 11) is 0. The van der Waals surface area contributed by atoms with Crippen LogP contribution in [0.3, 0.4) is 0 Å². The number of Topliss-reactive ketones (excluding diaryl/α,β-unsaturated/α-hetero) is 1. The number of H-pyrrole nitrogens is 1. The van der Waals surface area contributed by atoms with Gasteiger partial charge in [-0.25, -0.2) is 0 Å². The molecule has 3 N–H and O–H groups in total. The number of nitrogens with one attached hydrogen (secondary N) is 1. The van der Waals surface area contributed by atoms with E-state index < -0.39 is 0 Å². The number of nitrogens with two attached hydrogens (primary N) is 1. The second-order valence-electron chi connectivity index (χ2n) is 3.72. The predicted octanol–water partition coefficient (Wildman–Crippen LogP) is 1.23. The summed E-state index contributed by atoms with van der Waals surface area (Å²) < 4.78 is 0. The smallest absolute Gasteiger partial charge is 0.180 e. The van der Waals surface area contributed by atoms with Gasteiger partial charge in [0.05, 0.1) is 6.04 Å². The highest BCUT2D eigenvalue weighted by atomic mass is 16.1. The Labute approximate surface area is 80.9 Å². The zero-order valence-corrected chi connectivity index (χ0v) is 7.58. The first-order valence-corrected chi connectivity index (χ1v) is 4.66. The maximum absolute atomic E-state index is 11.8. The van der Waals surface area contributed by atoms with E-state index in [1.54, 1.807) is 0 Å². The number of carbonyl (C=O) groups is 1.